The summed E-state index contributed by atoms with van der Waals surface area (Å²) in [6, 6.07) is 40.3. The molecule has 358 valence electrons. The number of pyridine rings is 1. The number of anilines is 3. The molecule has 0 amide bonds. The van der Waals surface area contributed by atoms with Gasteiger partial charge in [0, 0.05) is 48.0 Å². The van der Waals surface area contributed by atoms with Gasteiger partial charge >= 0.3 is 5.97 Å². The van der Waals surface area contributed by atoms with Crippen molar-refractivity contribution in [2.75, 3.05) is 24.7 Å². The molecule has 7 rings (SSSR count). The van der Waals surface area contributed by atoms with Crippen LogP contribution >= 0.6 is 22.7 Å². The van der Waals surface area contributed by atoms with Gasteiger partial charge in [-0.3, -0.25) is 4.79 Å². The van der Waals surface area contributed by atoms with Gasteiger partial charge in [-0.1, -0.05) is 97.3 Å². The van der Waals surface area contributed by atoms with Crippen LogP contribution in [-0.2, 0) is 28.9 Å². The number of nitrogens with zero attached hydrogens (tertiary/aromatic N) is 2. The van der Waals surface area contributed by atoms with Crippen molar-refractivity contribution in [3.05, 3.63) is 133 Å². The van der Waals surface area contributed by atoms with Crippen molar-refractivity contribution >= 4 is 56.5 Å². The van der Waals surface area contributed by atoms with E-state index in [4.69, 9.17) is 14.2 Å². The predicted octanol–water partition coefficient (Wildman–Crippen LogP) is 17.3. The molecular weight excluding hydrogens is 877 g/mol. The van der Waals surface area contributed by atoms with E-state index in [-0.39, 0.29) is 5.97 Å². The number of ether oxygens (including phenoxy) is 3. The van der Waals surface area contributed by atoms with Crippen LogP contribution in [0.3, 0.4) is 0 Å². The van der Waals surface area contributed by atoms with Gasteiger partial charge < -0.3 is 19.1 Å². The Morgan fingerprint density at radius 1 is 0.529 bits per heavy atom. The van der Waals surface area contributed by atoms with Crippen LogP contribution in [0.25, 0.3) is 41.4 Å². The second-order valence-corrected chi connectivity index (χ2v) is 20.0. The summed E-state index contributed by atoms with van der Waals surface area (Å²) < 4.78 is 19.4. The lowest BCUT2D eigenvalue weighted by Crippen LogP contribution is -2.34. The van der Waals surface area contributed by atoms with Crippen molar-refractivity contribution in [3.8, 4) is 42.1 Å². The molecule has 3 heterocycles. The average molecular weight is 950 g/mol. The quantitative estimate of drug-likeness (QED) is 0.0278. The van der Waals surface area contributed by atoms with Crippen LogP contribution in [0.1, 0.15) is 129 Å². The highest BCUT2D eigenvalue weighted by atomic mass is 32.1. The molecule has 0 unspecified atom stereocenters. The Bertz CT molecular complexity index is 2560. The van der Waals surface area contributed by atoms with E-state index in [0.717, 1.165) is 85.7 Å². The molecule has 6 nitrogen and oxygen atoms in total. The number of esters is 1. The van der Waals surface area contributed by atoms with Crippen molar-refractivity contribution in [1.29, 1.82) is 0 Å². The van der Waals surface area contributed by atoms with Crippen LogP contribution in [0.5, 0.6) is 11.5 Å². The van der Waals surface area contributed by atoms with E-state index in [1.54, 1.807) is 0 Å². The van der Waals surface area contributed by atoms with Crippen molar-refractivity contribution in [2.24, 2.45) is 0 Å². The average Bonchev–Trinajstić information content (AvgIpc) is 3.99. The maximum Gasteiger partial charge on any atom is 0.312 e. The summed E-state index contributed by atoms with van der Waals surface area (Å²) in [4.78, 5) is 19.8. The minimum atomic E-state index is -0.159. The summed E-state index contributed by atoms with van der Waals surface area (Å²) in [5.41, 5.74) is 8.70. The lowest BCUT2D eigenvalue weighted by Gasteiger charge is -2.26. The third-order valence-electron chi connectivity index (χ3n) is 12.6. The van der Waals surface area contributed by atoms with E-state index in [2.05, 4.69) is 159 Å². The summed E-state index contributed by atoms with van der Waals surface area (Å²) in [7, 11) is 0. The summed E-state index contributed by atoms with van der Waals surface area (Å²) in [5.74, 6) is 1.64. The molecule has 7 aromatic rings. The molecule has 0 aliphatic rings. The molecule has 0 spiro atoms. The molecule has 0 atom stereocenters. The predicted molar refractivity (Wildman–Crippen MR) is 289 cm³/mol. The SMILES string of the molecule is CCCCCCc1cc(-c2sc(-c3ccc4c[n+](CCC(=O)OCC)ccc4c3)cc2CCCCCC)sc1-c1ccc(N(c2ccc(OCCCC)cc2)c2ccc(OCCCC)cc2)cc1. The molecule has 0 saturated heterocycles. The summed E-state index contributed by atoms with van der Waals surface area (Å²) in [5, 5.41) is 2.36. The third-order valence-corrected chi connectivity index (χ3v) is 15.2. The Balaban J connectivity index is 1.21. The first-order valence-electron chi connectivity index (χ1n) is 25.6. The molecule has 0 saturated carbocycles. The molecule has 0 bridgehead atoms. The van der Waals surface area contributed by atoms with Crippen molar-refractivity contribution in [3.63, 3.8) is 0 Å². The molecule has 68 heavy (non-hydrogen) atoms. The number of benzene rings is 4. The van der Waals surface area contributed by atoms with Gasteiger partial charge in [0.2, 0.25) is 0 Å². The number of unbranched alkanes of at least 4 members (excludes halogenated alkanes) is 8. The zero-order valence-corrected chi connectivity index (χ0v) is 43.0. The van der Waals surface area contributed by atoms with Crippen LogP contribution in [0.2, 0.25) is 0 Å². The van der Waals surface area contributed by atoms with Crippen molar-refractivity contribution < 1.29 is 23.6 Å². The summed E-state index contributed by atoms with van der Waals surface area (Å²) in [6.45, 7) is 13.3. The maximum absolute atomic E-state index is 12.0. The fraction of sp³-hybridized carbons (Fsp3) is 0.400. The Morgan fingerprint density at radius 2 is 1.06 bits per heavy atom. The lowest BCUT2D eigenvalue weighted by molar-refractivity contribution is -0.694. The summed E-state index contributed by atoms with van der Waals surface area (Å²) >= 11 is 3.92. The molecule has 0 N–H and O–H groups in total. The highest BCUT2D eigenvalue weighted by molar-refractivity contribution is 7.25. The molecule has 0 aliphatic heterocycles. The Morgan fingerprint density at radius 3 is 1.63 bits per heavy atom. The smallest absolute Gasteiger partial charge is 0.312 e. The Kier molecular flexibility index (Phi) is 19.5. The number of hydrogen-bond donors (Lipinski definition) is 0. The third kappa shape index (κ3) is 13.8. The molecule has 8 heteroatoms. The Labute approximate surface area is 414 Å². The van der Waals surface area contributed by atoms with Crippen LogP contribution in [0, 0.1) is 0 Å². The number of thiophene rings is 2. The molecule has 0 radical (unpaired) electrons. The largest absolute Gasteiger partial charge is 0.494 e. The molecule has 0 fully saturated rings. The zero-order valence-electron chi connectivity index (χ0n) is 41.3. The maximum atomic E-state index is 12.0. The summed E-state index contributed by atoms with van der Waals surface area (Å²) in [6.07, 6.45) is 20.9. The van der Waals surface area contributed by atoms with E-state index in [0.29, 0.717) is 19.6 Å². The van der Waals surface area contributed by atoms with Crippen molar-refractivity contribution in [1.82, 2.24) is 0 Å². The molecule has 3 aromatic heterocycles. The highest BCUT2D eigenvalue weighted by Gasteiger charge is 2.20. The van der Waals surface area contributed by atoms with Crippen LogP contribution < -0.4 is 18.9 Å². The first-order chi connectivity index (χ1) is 33.4. The van der Waals surface area contributed by atoms with Crippen LogP contribution in [0.15, 0.2) is 122 Å². The number of aromatic nitrogens is 1. The number of hydrogen-bond acceptors (Lipinski definition) is 7. The topological polar surface area (TPSA) is 51.9 Å². The highest BCUT2D eigenvalue weighted by Crippen LogP contribution is 2.47. The Hall–Kier alpha value is -5.44. The number of rotatable bonds is 28. The van der Waals surface area contributed by atoms with Gasteiger partial charge in [-0.05, 0) is 158 Å². The standard InChI is InChI=1S/C60H73N2O4S2/c1-6-11-15-17-19-48-43-57(60-49(20-18-16-12-7-2)42-56(67-60)47-21-22-50-44-61(37-35-46(50)41-47)38-36-58(63)64-10-5)68-59(48)45-23-25-51(26-24-45)62(52-27-31-54(32-28-52)65-39-13-8-3)53-29-33-55(34-30-53)66-40-14-9-4/h21-35,37,41-44H,6-20,36,38-40H2,1-5H3/q+1. The van der Waals surface area contributed by atoms with E-state index >= 15 is 0 Å². The van der Waals surface area contributed by atoms with Crippen LogP contribution in [0.4, 0.5) is 17.1 Å². The number of fused-ring (bicyclic) bond motifs is 1. The van der Waals surface area contributed by atoms with E-state index in [1.807, 2.05) is 29.6 Å². The first-order valence-corrected chi connectivity index (χ1v) is 27.2. The van der Waals surface area contributed by atoms with Crippen LogP contribution in [-0.4, -0.2) is 25.8 Å². The first kappa shape index (κ1) is 50.4. The van der Waals surface area contributed by atoms with Gasteiger partial charge in [-0.2, -0.15) is 0 Å². The number of carbonyl (C=O) groups excluding carboxylic acids is 1. The minimum absolute atomic E-state index is 0.159. The van der Waals surface area contributed by atoms with Gasteiger partial charge in [-0.25, -0.2) is 4.57 Å². The fourth-order valence-electron chi connectivity index (χ4n) is 8.66. The van der Waals surface area contributed by atoms with Gasteiger partial charge in [0.25, 0.3) is 0 Å². The minimum Gasteiger partial charge on any atom is -0.494 e. The monoisotopic (exact) mass is 950 g/mol. The van der Waals surface area contributed by atoms with Gasteiger partial charge in [0.1, 0.15) is 17.9 Å². The normalized spacial score (nSPS) is 11.3. The van der Waals surface area contributed by atoms with Gasteiger partial charge in [0.15, 0.2) is 18.9 Å². The molecule has 0 aliphatic carbocycles. The number of carbonyl (C=O) groups is 1. The molecular formula is C60H73N2O4S2+. The second kappa shape index (κ2) is 26.4. The van der Waals surface area contributed by atoms with E-state index < -0.39 is 0 Å². The zero-order chi connectivity index (χ0) is 47.5. The van der Waals surface area contributed by atoms with E-state index in [1.165, 1.54) is 98.5 Å². The molecule has 4 aromatic carbocycles. The second-order valence-electron chi connectivity index (χ2n) is 17.9. The number of aryl methyl sites for hydroxylation is 3. The van der Waals surface area contributed by atoms with Gasteiger partial charge in [0.05, 0.1) is 19.8 Å². The van der Waals surface area contributed by atoms with E-state index in [9.17, 15) is 4.79 Å². The lowest BCUT2D eigenvalue weighted by atomic mass is 10.0. The van der Waals surface area contributed by atoms with Gasteiger partial charge in [-0.15, -0.1) is 22.7 Å². The van der Waals surface area contributed by atoms with Crippen molar-refractivity contribution in [2.45, 2.75) is 137 Å². The fourth-order valence-corrected chi connectivity index (χ4v) is 11.2.